The molecule has 2 aromatic heterocycles. The molecule has 2 aromatic rings. The largest absolute Gasteiger partial charge is 0.266 e. The smallest absolute Gasteiger partial charge is 0.265 e. The fraction of sp³-hybridized carbons (Fsp3) is 0.154. The second-order valence-corrected chi connectivity index (χ2v) is 5.73. The van der Waals surface area contributed by atoms with Crippen molar-refractivity contribution < 1.29 is 8.42 Å². The van der Waals surface area contributed by atoms with Gasteiger partial charge in [-0.25, -0.2) is 13.4 Å². The number of aromatic nitrogens is 2. The monoisotopic (exact) mass is 288 g/mol. The molecule has 0 aromatic carbocycles. The van der Waals surface area contributed by atoms with Crippen LogP contribution in [0.25, 0.3) is 0 Å². The van der Waals surface area contributed by atoms with Crippen molar-refractivity contribution in [3.63, 3.8) is 0 Å². The number of hydrogen-bond donors (Lipinski definition) is 0. The average molecular weight is 288 g/mol. The Kier molecular flexibility index (Phi) is 3.96. The molecule has 0 saturated carbocycles. The molecule has 0 unspecified atom stereocenters. The molecule has 6 nitrogen and oxygen atoms in total. The van der Waals surface area contributed by atoms with E-state index in [1.54, 1.807) is 19.1 Å². The van der Waals surface area contributed by atoms with Crippen LogP contribution in [0.3, 0.4) is 0 Å². The fourth-order valence-corrected chi connectivity index (χ4v) is 3.15. The van der Waals surface area contributed by atoms with Crippen LogP contribution in [0.4, 0.5) is 5.69 Å². The zero-order valence-electron chi connectivity index (χ0n) is 10.8. The summed E-state index contributed by atoms with van der Waals surface area (Å²) in [7, 11) is -3.70. The minimum absolute atomic E-state index is 0.0511. The molecule has 0 spiro atoms. The van der Waals surface area contributed by atoms with Crippen molar-refractivity contribution in [2.24, 2.45) is 0 Å². The summed E-state index contributed by atoms with van der Waals surface area (Å²) in [4.78, 5) is 7.72. The molecule has 0 aliphatic heterocycles. The number of sulfonamides is 1. The van der Waals surface area contributed by atoms with Crippen LogP contribution in [-0.2, 0) is 10.0 Å². The van der Waals surface area contributed by atoms with Gasteiger partial charge in [0.25, 0.3) is 10.0 Å². The van der Waals surface area contributed by atoms with Gasteiger partial charge < -0.3 is 0 Å². The molecule has 20 heavy (non-hydrogen) atoms. The highest BCUT2D eigenvalue weighted by atomic mass is 32.2. The zero-order chi connectivity index (χ0) is 14.6. The second-order valence-electron chi connectivity index (χ2n) is 3.87. The minimum Gasteiger partial charge on any atom is -0.266 e. The Balaban J connectivity index is 2.44. The molecule has 0 saturated heterocycles. The molecule has 0 aliphatic carbocycles. The summed E-state index contributed by atoms with van der Waals surface area (Å²) in [6.07, 6.45) is 4.26. The summed E-state index contributed by atoms with van der Waals surface area (Å²) < 4.78 is 26.4. The van der Waals surface area contributed by atoms with Crippen molar-refractivity contribution >= 4 is 15.7 Å². The van der Waals surface area contributed by atoms with E-state index in [4.69, 9.17) is 5.26 Å². The first-order chi connectivity index (χ1) is 9.59. The quantitative estimate of drug-likeness (QED) is 0.852. The maximum absolute atomic E-state index is 12.5. The first kappa shape index (κ1) is 14.0. The third-order valence-electron chi connectivity index (χ3n) is 2.68. The molecular weight excluding hydrogens is 276 g/mol. The van der Waals surface area contributed by atoms with Crippen LogP contribution in [0.5, 0.6) is 0 Å². The number of pyridine rings is 2. The standard InChI is InChI=1S/C13H12N4O2S/c1-2-17(12-5-7-15-8-6-12)20(18,19)13-4-3-11(9-14)16-10-13/h3-8,10H,2H2,1H3. The lowest BCUT2D eigenvalue weighted by atomic mass is 10.4. The predicted molar refractivity (Wildman–Crippen MR) is 73.4 cm³/mol. The molecule has 0 atom stereocenters. The van der Waals surface area contributed by atoms with Gasteiger partial charge in [0, 0.05) is 25.1 Å². The van der Waals surface area contributed by atoms with E-state index in [-0.39, 0.29) is 17.1 Å². The van der Waals surface area contributed by atoms with Gasteiger partial charge in [0.05, 0.1) is 5.69 Å². The van der Waals surface area contributed by atoms with Crippen molar-refractivity contribution in [2.45, 2.75) is 11.8 Å². The highest BCUT2D eigenvalue weighted by Crippen LogP contribution is 2.22. The molecule has 0 N–H and O–H groups in total. The summed E-state index contributed by atoms with van der Waals surface area (Å²) in [6, 6.07) is 7.86. The number of hydrogen-bond acceptors (Lipinski definition) is 5. The van der Waals surface area contributed by atoms with Crippen molar-refractivity contribution in [3.8, 4) is 6.07 Å². The van der Waals surface area contributed by atoms with Crippen molar-refractivity contribution in [1.82, 2.24) is 9.97 Å². The van der Waals surface area contributed by atoms with Crippen LogP contribution >= 0.6 is 0 Å². The zero-order valence-corrected chi connectivity index (χ0v) is 11.6. The van der Waals surface area contributed by atoms with Gasteiger partial charge in [-0.15, -0.1) is 0 Å². The van der Waals surface area contributed by atoms with Gasteiger partial charge in [-0.3, -0.25) is 9.29 Å². The molecule has 0 radical (unpaired) electrons. The first-order valence-electron chi connectivity index (χ1n) is 5.88. The maximum Gasteiger partial charge on any atom is 0.265 e. The van der Waals surface area contributed by atoms with E-state index in [1.807, 2.05) is 6.07 Å². The van der Waals surface area contributed by atoms with Crippen molar-refractivity contribution in [2.75, 3.05) is 10.8 Å². The molecule has 0 fully saturated rings. The number of rotatable bonds is 4. The summed E-state index contributed by atoms with van der Waals surface area (Å²) in [5, 5.41) is 8.69. The lowest BCUT2D eigenvalue weighted by Gasteiger charge is -2.22. The first-order valence-corrected chi connectivity index (χ1v) is 7.32. The highest BCUT2D eigenvalue weighted by Gasteiger charge is 2.23. The minimum atomic E-state index is -3.70. The third-order valence-corrected chi connectivity index (χ3v) is 4.56. The van der Waals surface area contributed by atoms with Gasteiger partial charge in [0.2, 0.25) is 0 Å². The lowest BCUT2D eigenvalue weighted by molar-refractivity contribution is 0.591. The molecule has 0 bridgehead atoms. The van der Waals surface area contributed by atoms with Gasteiger partial charge in [0.15, 0.2) is 0 Å². The van der Waals surface area contributed by atoms with E-state index in [1.165, 1.54) is 35.0 Å². The van der Waals surface area contributed by atoms with E-state index < -0.39 is 10.0 Å². The Bertz CT molecular complexity index is 721. The molecule has 102 valence electrons. The van der Waals surface area contributed by atoms with E-state index in [0.29, 0.717) is 5.69 Å². The second kappa shape index (κ2) is 5.67. The number of nitrogens with zero attached hydrogens (tertiary/aromatic N) is 4. The summed E-state index contributed by atoms with van der Waals surface area (Å²) in [5.74, 6) is 0. The Morgan fingerprint density at radius 2 is 1.95 bits per heavy atom. The molecule has 0 amide bonds. The summed E-state index contributed by atoms with van der Waals surface area (Å²) in [5.41, 5.74) is 0.711. The van der Waals surface area contributed by atoms with Gasteiger partial charge in [-0.1, -0.05) is 0 Å². The molecule has 2 heterocycles. The van der Waals surface area contributed by atoms with Crippen LogP contribution in [-0.4, -0.2) is 24.9 Å². The van der Waals surface area contributed by atoms with E-state index >= 15 is 0 Å². The Hall–Kier alpha value is -2.46. The van der Waals surface area contributed by atoms with E-state index in [0.717, 1.165) is 0 Å². The molecule has 0 aliphatic rings. The molecule has 7 heteroatoms. The van der Waals surface area contributed by atoms with Gasteiger partial charge >= 0.3 is 0 Å². The van der Waals surface area contributed by atoms with Crippen molar-refractivity contribution in [1.29, 1.82) is 5.26 Å². The van der Waals surface area contributed by atoms with Crippen LogP contribution in [0.1, 0.15) is 12.6 Å². The van der Waals surface area contributed by atoms with Gasteiger partial charge in [0.1, 0.15) is 16.7 Å². The van der Waals surface area contributed by atoms with E-state index in [9.17, 15) is 8.42 Å². The Morgan fingerprint density at radius 1 is 1.25 bits per heavy atom. The van der Waals surface area contributed by atoms with Crippen LogP contribution < -0.4 is 4.31 Å². The fourth-order valence-electron chi connectivity index (χ4n) is 1.73. The highest BCUT2D eigenvalue weighted by molar-refractivity contribution is 7.92. The predicted octanol–water partition coefficient (Wildman–Crippen LogP) is 1.56. The molecular formula is C13H12N4O2S. The van der Waals surface area contributed by atoms with E-state index in [2.05, 4.69) is 9.97 Å². The number of anilines is 1. The SMILES string of the molecule is CCN(c1ccncc1)S(=O)(=O)c1ccc(C#N)nc1. The maximum atomic E-state index is 12.5. The summed E-state index contributed by atoms with van der Waals surface area (Å²) >= 11 is 0. The normalized spacial score (nSPS) is 10.8. The van der Waals surface area contributed by atoms with Crippen LogP contribution in [0.15, 0.2) is 47.8 Å². The topological polar surface area (TPSA) is 87.0 Å². The molecule has 2 rings (SSSR count). The van der Waals surface area contributed by atoms with Crippen LogP contribution in [0.2, 0.25) is 0 Å². The van der Waals surface area contributed by atoms with Crippen LogP contribution in [0, 0.1) is 11.3 Å². The van der Waals surface area contributed by atoms with Gasteiger partial charge in [-0.2, -0.15) is 5.26 Å². The van der Waals surface area contributed by atoms with Gasteiger partial charge in [-0.05, 0) is 31.2 Å². The third kappa shape index (κ3) is 2.60. The Morgan fingerprint density at radius 3 is 2.45 bits per heavy atom. The van der Waals surface area contributed by atoms with Crippen molar-refractivity contribution in [3.05, 3.63) is 48.5 Å². The number of nitriles is 1. The average Bonchev–Trinajstić information content (AvgIpc) is 2.49. The Labute approximate surface area is 117 Å². The lowest BCUT2D eigenvalue weighted by Crippen LogP contribution is -2.30. The summed E-state index contributed by atoms with van der Waals surface area (Å²) in [6.45, 7) is 2.03.